The number of fused-ring (bicyclic) bond motifs is 12. The summed E-state index contributed by atoms with van der Waals surface area (Å²) < 4.78 is 212. The fourth-order valence-corrected chi connectivity index (χ4v) is 101. The van der Waals surface area contributed by atoms with Crippen LogP contribution in [0.5, 0.6) is 0 Å². The number of ether oxygens (including phenoxy) is 8. The first-order valence-corrected chi connectivity index (χ1v) is 87.7. The fourth-order valence-electron chi connectivity index (χ4n) is 23.8. The van der Waals surface area contributed by atoms with Crippen molar-refractivity contribution in [3.05, 3.63) is 0 Å². The zero-order chi connectivity index (χ0) is 85.4. The maximum absolute atomic E-state index is 8.92. The summed E-state index contributed by atoms with van der Waals surface area (Å²) in [6.07, 6.45) is 37.9. The van der Waals surface area contributed by atoms with Gasteiger partial charge in [-0.1, -0.05) is 51.4 Å². The molecule has 0 N–H and O–H groups in total. The summed E-state index contributed by atoms with van der Waals surface area (Å²) in [6, 6.07) is 5.89. The van der Waals surface area contributed by atoms with Crippen molar-refractivity contribution in [1.82, 2.24) is 0 Å². The number of hydrogen-bond acceptors (Lipinski definition) is 27. The molecule has 30 atom stereocenters. The van der Waals surface area contributed by atoms with Gasteiger partial charge in [0, 0.05) is 0 Å². The average molecular weight is 2000 g/mol. The van der Waals surface area contributed by atoms with Crippen LogP contribution in [0.25, 0.3) is 0 Å². The molecule has 0 aromatic rings. The van der Waals surface area contributed by atoms with Crippen molar-refractivity contribution in [3.63, 3.8) is 0 Å². The van der Waals surface area contributed by atoms with E-state index < -0.39 is 138 Å². The molecule has 8 saturated carbocycles. The van der Waals surface area contributed by atoms with E-state index in [0.717, 1.165) is 230 Å². The lowest BCUT2D eigenvalue weighted by Crippen LogP contribution is -2.83. The van der Waals surface area contributed by atoms with Crippen molar-refractivity contribution in [2.75, 3.05) is 0 Å². The Morgan fingerprint density at radius 1 is 0.211 bits per heavy atom. The Bertz CT molecular complexity index is 3710. The first-order valence-electron chi connectivity index (χ1n) is 49.4. The second-order valence-electron chi connectivity index (χ2n) is 47.0. The van der Waals surface area contributed by atoms with Gasteiger partial charge in [0.25, 0.3) is 0 Å². The van der Waals surface area contributed by atoms with E-state index >= 15 is 0 Å². The van der Waals surface area contributed by atoms with E-state index in [9.17, 15) is 0 Å². The highest BCUT2D eigenvalue weighted by Gasteiger charge is 2.91. The molecule has 43 heteroatoms. The van der Waals surface area contributed by atoms with E-state index in [1.54, 1.807) is 0 Å². The third-order valence-corrected chi connectivity index (χ3v) is 94.6. The van der Waals surface area contributed by atoms with Gasteiger partial charge in [0.1, 0.15) is 0 Å². The van der Waals surface area contributed by atoms with E-state index in [-0.39, 0.29) is 12.2 Å². The number of hydrogen-bond donors (Lipinski definition) is 0. The summed E-state index contributed by atoms with van der Waals surface area (Å²) in [5, 5.41) is 0. The minimum Gasteiger partial charge on any atom is -0.414 e. The largest absolute Gasteiger partial charge is 0.683 e. The van der Waals surface area contributed by atoms with Crippen molar-refractivity contribution in [2.24, 2.45) is 47.3 Å². The van der Waals surface area contributed by atoms with Gasteiger partial charge < -0.3 is 108 Å². The van der Waals surface area contributed by atoms with Crippen molar-refractivity contribution in [1.29, 1.82) is 0 Å². The van der Waals surface area contributed by atoms with Gasteiger partial charge >= 0.3 is 71.9 Å². The molecule has 5 bridgehead atoms. The minimum absolute atomic E-state index is 0.287. The molecular formula is C80H152O27Si16. The predicted octanol–water partition coefficient (Wildman–Crippen LogP) is 17.2. The highest BCUT2D eigenvalue weighted by Crippen LogP contribution is 2.56. The Kier molecular flexibility index (Phi) is 26.8. The van der Waals surface area contributed by atoms with Crippen LogP contribution in [0, 0.1) is 47.3 Å². The number of epoxide rings is 8. The third-order valence-electron chi connectivity index (χ3n) is 32.0. The van der Waals surface area contributed by atoms with Crippen LogP contribution in [0.1, 0.15) is 205 Å². The van der Waals surface area contributed by atoms with E-state index in [4.69, 9.17) is 117 Å². The first kappa shape index (κ1) is 93.1. The van der Waals surface area contributed by atoms with Gasteiger partial charge in [-0.25, -0.2) is 9.15 Å². The highest BCUT2D eigenvalue weighted by molar-refractivity contribution is 7.33. The molecule has 0 aromatic heterocycles. The van der Waals surface area contributed by atoms with Crippen molar-refractivity contribution < 1.29 is 117 Å². The smallest absolute Gasteiger partial charge is 0.414 e. The lowest BCUT2D eigenvalue weighted by Gasteiger charge is -2.51. The maximum Gasteiger partial charge on any atom is 0.683 e. The van der Waals surface area contributed by atoms with Crippen LogP contribution >= 0.6 is 0 Å². The molecule has 12 saturated heterocycles. The Labute approximate surface area is 753 Å². The lowest BCUT2D eigenvalue weighted by atomic mass is 9.88. The maximum atomic E-state index is 8.92. The SMILES string of the molecule is C[Si](C)(CCC1CCC2OC2C1)O[Si]1O[Si]2(O[Si](C)(C)CCC3CCC4OC4C3)O[Si]3(O[Si](C)(C)CCC4CCC5OC5C4)OO[Si]4(O[Si](C)(C)CCC5CCC6OC6C5)O[Si](O[Si](C)(C)CCC5CCC6OC6C5)(O2)O[Si](O[Si](C)(C)CCC2CCC5OC5C2)(O1)O[Si]4(O[Si](C)(C)CCC1CCC2OC2C1)O[Si](O[Si](C)(C)CCC1CCC2OC2C1)O3. The normalized spacial score (nSPS) is 45.6. The van der Waals surface area contributed by atoms with Crippen LogP contribution in [0.4, 0.5) is 0 Å². The van der Waals surface area contributed by atoms with E-state index in [2.05, 4.69) is 105 Å². The lowest BCUT2D eigenvalue weighted by molar-refractivity contribution is -0.210. The van der Waals surface area contributed by atoms with E-state index in [0.29, 0.717) is 157 Å². The van der Waals surface area contributed by atoms with Crippen LogP contribution in [0.3, 0.4) is 0 Å². The Morgan fingerprint density at radius 3 is 0.707 bits per heavy atom. The standard InChI is InChI=1S/C80H152O27Si16/c1-110(2,41-33-57-17-25-65-73(49-57)81-65)91-108-94-119(98-113(7,8)44-36-60-20-28-68-76(52-60)84-68)103-118(97-112(5,6)43-35-59-19-27-67-75(51-59)83-67)89-90-122(101-116(13,14)47-39-63-23-31-71-79(55-63)87-71)107-121(104-119,100-115(11,12)46-38-62-22-30-70-78(54-62)86-70)105-120(95-108,99-114(9,10)45-37-61-21-29-69-77(53-61)85-69)106-123(122,102-117(15,16)48-40-64-24-32-72-80(56-64)88-72)96-109(93-118)92-111(3,4)42-34-58-18-26-66-74(50-58)82-66/h57-80H,17-56H2,1-16H3. The second kappa shape index (κ2) is 35.4. The number of rotatable bonds is 40. The summed E-state index contributed by atoms with van der Waals surface area (Å²) >= 11 is 0. The highest BCUT2D eigenvalue weighted by atomic mass is 29.3. The van der Waals surface area contributed by atoms with Gasteiger partial charge in [-0.2, -0.15) is 0 Å². The van der Waals surface area contributed by atoms with E-state index in [1.807, 2.05) is 0 Å². The molecule has 698 valence electrons. The summed E-state index contributed by atoms with van der Waals surface area (Å²) in [6.45, 7) is 36.6. The molecule has 12 aliphatic heterocycles. The van der Waals surface area contributed by atoms with Gasteiger partial charge in [0.2, 0.25) is 0 Å². The Balaban J connectivity index is 0.786. The van der Waals surface area contributed by atoms with E-state index in [1.165, 1.54) is 0 Å². The van der Waals surface area contributed by atoms with Crippen LogP contribution in [0.15, 0.2) is 0 Å². The summed E-state index contributed by atoms with van der Waals surface area (Å²) in [4.78, 5) is 0. The van der Waals surface area contributed by atoms with Gasteiger partial charge in [0.05, 0.1) is 97.7 Å². The predicted molar refractivity (Wildman–Crippen MR) is 490 cm³/mol. The van der Waals surface area contributed by atoms with Gasteiger partial charge in [-0.05, 0) is 355 Å². The zero-order valence-corrected chi connectivity index (χ0v) is 93.2. The molecule has 20 fully saturated rings. The molecule has 0 aromatic carbocycles. The molecule has 2 radical (unpaired) electrons. The molecule has 12 heterocycles. The Morgan fingerprint density at radius 2 is 0.423 bits per heavy atom. The molecule has 30 unspecified atom stereocenters. The zero-order valence-electron chi connectivity index (χ0n) is 77.2. The summed E-state index contributed by atoms with van der Waals surface area (Å²) in [5.41, 5.74) is 0. The van der Waals surface area contributed by atoms with Crippen molar-refractivity contribution >= 4 is 138 Å². The summed E-state index contributed by atoms with van der Waals surface area (Å²) in [7, 11) is -65.4. The topological polar surface area (TPSA) is 276 Å². The van der Waals surface area contributed by atoms with Crippen LogP contribution in [-0.4, -0.2) is 236 Å². The second-order valence-corrected chi connectivity index (χ2v) is 104. The average Bonchev–Trinajstić information content (AvgIpc) is 1.09. The van der Waals surface area contributed by atoms with Crippen LogP contribution in [-0.2, 0) is 117 Å². The molecule has 123 heavy (non-hydrogen) atoms. The molecule has 20 aliphatic rings. The first-order chi connectivity index (χ1) is 58.2. The quantitative estimate of drug-likeness (QED) is 0.0313. The molecular weight excluding hydrogens is 1840 g/mol. The van der Waals surface area contributed by atoms with Crippen LogP contribution < -0.4 is 0 Å². The molecule has 0 amide bonds. The molecule has 20 rings (SSSR count). The van der Waals surface area contributed by atoms with Crippen molar-refractivity contribution in [2.45, 2.75) is 456 Å². The Hall–Kier alpha value is 2.39. The third kappa shape index (κ3) is 23.4. The van der Waals surface area contributed by atoms with Crippen molar-refractivity contribution in [3.8, 4) is 0 Å². The minimum atomic E-state index is -5.53. The molecule has 8 aliphatic carbocycles. The van der Waals surface area contributed by atoms with Gasteiger partial charge in [0.15, 0.2) is 66.5 Å². The monoisotopic (exact) mass is 1990 g/mol. The summed E-state index contributed by atoms with van der Waals surface area (Å²) in [5.74, 6) is 3.46. The molecule has 0 spiro atoms. The van der Waals surface area contributed by atoms with Gasteiger partial charge in [-0.3, -0.25) is 0 Å². The van der Waals surface area contributed by atoms with Crippen LogP contribution in [0.2, 0.25) is 153 Å². The molecule has 27 nitrogen and oxygen atoms in total. The van der Waals surface area contributed by atoms with Gasteiger partial charge in [-0.15, -0.1) is 0 Å². The fraction of sp³-hybridized carbons (Fsp3) is 1.00.